The molecule has 0 fully saturated rings. The number of carbonyl (C=O) groups is 2. The van der Waals surface area contributed by atoms with Crippen LogP contribution in [0.15, 0.2) is 0 Å². The summed E-state index contributed by atoms with van der Waals surface area (Å²) in [7, 11) is 0. The molecular formula is C19H36O4. The van der Waals surface area contributed by atoms with Gasteiger partial charge in [-0.15, -0.1) is 0 Å². The fraction of sp³-hybridized carbons (Fsp3) is 0.895. The van der Waals surface area contributed by atoms with Crippen molar-refractivity contribution in [3.05, 3.63) is 0 Å². The molecule has 0 rings (SSSR count). The van der Waals surface area contributed by atoms with E-state index in [4.69, 9.17) is 9.47 Å². The lowest BCUT2D eigenvalue weighted by Crippen LogP contribution is -2.17. The van der Waals surface area contributed by atoms with Crippen molar-refractivity contribution in [2.75, 3.05) is 0 Å². The van der Waals surface area contributed by atoms with E-state index in [-0.39, 0.29) is 37.0 Å². The summed E-state index contributed by atoms with van der Waals surface area (Å²) in [4.78, 5) is 23.4. The van der Waals surface area contributed by atoms with Crippen LogP contribution in [-0.4, -0.2) is 24.1 Å². The Morgan fingerprint density at radius 2 is 1.00 bits per heavy atom. The Morgan fingerprint density at radius 1 is 0.652 bits per heavy atom. The molecule has 0 N–H and O–H groups in total. The van der Waals surface area contributed by atoms with Gasteiger partial charge < -0.3 is 9.47 Å². The van der Waals surface area contributed by atoms with Gasteiger partial charge in [0.15, 0.2) is 0 Å². The molecular weight excluding hydrogens is 292 g/mol. The van der Waals surface area contributed by atoms with E-state index in [9.17, 15) is 9.59 Å². The highest BCUT2D eigenvalue weighted by Gasteiger charge is 2.13. The molecule has 0 aromatic carbocycles. The fourth-order valence-corrected chi connectivity index (χ4v) is 2.20. The first-order valence-electron chi connectivity index (χ1n) is 9.09. The molecule has 0 aliphatic heterocycles. The summed E-state index contributed by atoms with van der Waals surface area (Å²) in [5, 5.41) is 0. The molecule has 4 heteroatoms. The molecule has 0 radical (unpaired) electrons. The van der Waals surface area contributed by atoms with Crippen molar-refractivity contribution in [3.63, 3.8) is 0 Å². The van der Waals surface area contributed by atoms with Crippen LogP contribution in [0, 0.1) is 11.8 Å². The van der Waals surface area contributed by atoms with Crippen molar-refractivity contribution in [2.45, 2.75) is 98.7 Å². The second kappa shape index (κ2) is 12.4. The Hall–Kier alpha value is -1.06. The van der Waals surface area contributed by atoms with Crippen LogP contribution in [0.4, 0.5) is 0 Å². The zero-order valence-corrected chi connectivity index (χ0v) is 15.9. The normalized spacial score (nSPS) is 13.9. The number of esters is 2. The summed E-state index contributed by atoms with van der Waals surface area (Å²) in [6, 6.07) is 0. The van der Waals surface area contributed by atoms with E-state index in [1.165, 1.54) is 0 Å². The zero-order valence-electron chi connectivity index (χ0n) is 15.9. The van der Waals surface area contributed by atoms with Gasteiger partial charge >= 0.3 is 11.9 Å². The monoisotopic (exact) mass is 328 g/mol. The molecule has 0 aromatic heterocycles. The lowest BCUT2D eigenvalue weighted by molar-refractivity contribution is -0.150. The van der Waals surface area contributed by atoms with Gasteiger partial charge in [0, 0.05) is 12.8 Å². The van der Waals surface area contributed by atoms with Crippen LogP contribution in [0.5, 0.6) is 0 Å². The Bertz CT molecular complexity index is 304. The lowest BCUT2D eigenvalue weighted by atomic mass is 10.1. The number of hydrogen-bond acceptors (Lipinski definition) is 4. The smallest absolute Gasteiger partial charge is 0.306 e. The van der Waals surface area contributed by atoms with Crippen LogP contribution in [0.1, 0.15) is 86.5 Å². The summed E-state index contributed by atoms with van der Waals surface area (Å²) in [5.41, 5.74) is 0. The average Bonchev–Trinajstić information content (AvgIpc) is 2.42. The molecule has 0 aliphatic rings. The van der Waals surface area contributed by atoms with Crippen LogP contribution in [0.25, 0.3) is 0 Å². The van der Waals surface area contributed by atoms with Gasteiger partial charge in [0.1, 0.15) is 0 Å². The first-order chi connectivity index (χ1) is 10.7. The SMILES string of the molecule is CC(C)CCC(C)OC(=O)CCCC(=O)OC(C)CCC(C)C. The van der Waals surface area contributed by atoms with Gasteiger partial charge in [0.2, 0.25) is 0 Å². The predicted molar refractivity (Wildman–Crippen MR) is 93.1 cm³/mol. The molecule has 0 bridgehead atoms. The van der Waals surface area contributed by atoms with Crippen molar-refractivity contribution < 1.29 is 19.1 Å². The maximum absolute atomic E-state index is 11.7. The molecule has 136 valence electrons. The molecule has 23 heavy (non-hydrogen) atoms. The van der Waals surface area contributed by atoms with Gasteiger partial charge in [-0.3, -0.25) is 9.59 Å². The highest BCUT2D eigenvalue weighted by molar-refractivity contribution is 5.72. The van der Waals surface area contributed by atoms with Gasteiger partial charge in [-0.25, -0.2) is 0 Å². The van der Waals surface area contributed by atoms with E-state index in [0.29, 0.717) is 18.3 Å². The van der Waals surface area contributed by atoms with Crippen molar-refractivity contribution in [1.29, 1.82) is 0 Å². The first-order valence-corrected chi connectivity index (χ1v) is 9.09. The van der Waals surface area contributed by atoms with E-state index in [2.05, 4.69) is 27.7 Å². The van der Waals surface area contributed by atoms with E-state index >= 15 is 0 Å². The molecule has 0 aliphatic carbocycles. The zero-order chi connectivity index (χ0) is 17.8. The minimum Gasteiger partial charge on any atom is -0.463 e. The Balaban J connectivity index is 3.75. The van der Waals surface area contributed by atoms with Crippen molar-refractivity contribution in [3.8, 4) is 0 Å². The van der Waals surface area contributed by atoms with Crippen LogP contribution in [-0.2, 0) is 19.1 Å². The van der Waals surface area contributed by atoms with Gasteiger partial charge in [-0.05, 0) is 57.8 Å². The van der Waals surface area contributed by atoms with Crippen molar-refractivity contribution in [2.24, 2.45) is 11.8 Å². The maximum atomic E-state index is 11.7. The number of ether oxygens (including phenoxy) is 2. The second-order valence-corrected chi connectivity index (χ2v) is 7.40. The molecule has 0 saturated heterocycles. The second-order valence-electron chi connectivity index (χ2n) is 7.40. The quantitative estimate of drug-likeness (QED) is 0.478. The molecule has 2 atom stereocenters. The summed E-state index contributed by atoms with van der Waals surface area (Å²) in [5.74, 6) is 0.788. The van der Waals surface area contributed by atoms with Gasteiger partial charge in [-0.1, -0.05) is 27.7 Å². The summed E-state index contributed by atoms with van der Waals surface area (Å²) >= 11 is 0. The van der Waals surface area contributed by atoms with Gasteiger partial charge in [-0.2, -0.15) is 0 Å². The summed E-state index contributed by atoms with van der Waals surface area (Å²) in [6.45, 7) is 12.5. The van der Waals surface area contributed by atoms with Crippen molar-refractivity contribution >= 4 is 11.9 Å². The van der Waals surface area contributed by atoms with Gasteiger partial charge in [0.05, 0.1) is 12.2 Å². The number of rotatable bonds is 12. The standard InChI is InChI=1S/C19H36O4/c1-14(2)10-12-16(5)22-18(20)8-7-9-19(21)23-17(6)13-11-15(3)4/h14-17H,7-13H2,1-6H3. The number of hydrogen-bond donors (Lipinski definition) is 0. The molecule has 4 nitrogen and oxygen atoms in total. The minimum absolute atomic E-state index is 0.0482. The Morgan fingerprint density at radius 3 is 1.30 bits per heavy atom. The van der Waals surface area contributed by atoms with E-state index in [1.54, 1.807) is 0 Å². The van der Waals surface area contributed by atoms with Gasteiger partial charge in [0.25, 0.3) is 0 Å². The van der Waals surface area contributed by atoms with Crippen LogP contribution >= 0.6 is 0 Å². The highest BCUT2D eigenvalue weighted by Crippen LogP contribution is 2.12. The largest absolute Gasteiger partial charge is 0.463 e. The third-order valence-electron chi connectivity index (χ3n) is 3.73. The lowest BCUT2D eigenvalue weighted by Gasteiger charge is -2.15. The van der Waals surface area contributed by atoms with E-state index in [0.717, 1.165) is 25.7 Å². The Labute approximate surface area is 142 Å². The van der Waals surface area contributed by atoms with E-state index in [1.807, 2.05) is 13.8 Å². The van der Waals surface area contributed by atoms with Crippen LogP contribution in [0.2, 0.25) is 0 Å². The molecule has 0 heterocycles. The molecule has 0 amide bonds. The summed E-state index contributed by atoms with van der Waals surface area (Å²) in [6.07, 6.45) is 4.83. The van der Waals surface area contributed by atoms with Crippen molar-refractivity contribution in [1.82, 2.24) is 0 Å². The van der Waals surface area contributed by atoms with E-state index < -0.39 is 0 Å². The van der Waals surface area contributed by atoms with Crippen LogP contribution in [0.3, 0.4) is 0 Å². The topological polar surface area (TPSA) is 52.6 Å². The molecule has 2 unspecified atom stereocenters. The van der Waals surface area contributed by atoms with Crippen LogP contribution < -0.4 is 0 Å². The molecule has 0 aromatic rings. The molecule has 0 saturated carbocycles. The predicted octanol–water partition coefficient (Wildman–Crippen LogP) is 4.89. The minimum atomic E-state index is -0.220. The summed E-state index contributed by atoms with van der Waals surface area (Å²) < 4.78 is 10.7. The Kier molecular flexibility index (Phi) is 11.8. The first kappa shape index (κ1) is 21.9. The number of carbonyl (C=O) groups excluding carboxylic acids is 2. The molecule has 0 spiro atoms. The fourth-order valence-electron chi connectivity index (χ4n) is 2.20. The third-order valence-corrected chi connectivity index (χ3v) is 3.73. The third kappa shape index (κ3) is 14.3. The highest BCUT2D eigenvalue weighted by atomic mass is 16.5. The maximum Gasteiger partial charge on any atom is 0.306 e. The average molecular weight is 328 g/mol.